The number of para-hydroxylation sites is 1. The second-order valence-electron chi connectivity index (χ2n) is 7.21. The van der Waals surface area contributed by atoms with Gasteiger partial charge in [-0.05, 0) is 43.2 Å². The number of aliphatic imine (C=N–C) groups is 1. The minimum Gasteiger partial charge on any atom is -0.368 e. The summed E-state index contributed by atoms with van der Waals surface area (Å²) >= 11 is 0. The number of halogens is 2. The van der Waals surface area contributed by atoms with E-state index in [1.54, 1.807) is 6.07 Å². The van der Waals surface area contributed by atoms with Crippen LogP contribution in [0.1, 0.15) is 12.5 Å². The average molecular weight is 539 g/mol. The first-order valence-corrected chi connectivity index (χ1v) is 10.5. The van der Waals surface area contributed by atoms with Gasteiger partial charge in [0.2, 0.25) is 5.91 Å². The molecule has 2 aromatic rings. The number of hydrogen-bond donors (Lipinski definition) is 2. The lowest BCUT2D eigenvalue weighted by Gasteiger charge is -2.36. The number of carbonyl (C=O) groups excluding carboxylic acids is 1. The Kier molecular flexibility index (Phi) is 10.6. The molecule has 1 saturated heterocycles. The minimum atomic E-state index is -0.231. The van der Waals surface area contributed by atoms with Crippen molar-refractivity contribution in [2.75, 3.05) is 50.7 Å². The summed E-state index contributed by atoms with van der Waals surface area (Å²) in [5.41, 5.74) is 2.12. The van der Waals surface area contributed by atoms with Crippen molar-refractivity contribution >= 4 is 41.5 Å². The number of anilines is 1. The molecule has 1 heterocycles. The van der Waals surface area contributed by atoms with Crippen LogP contribution in [0, 0.1) is 5.82 Å². The molecule has 8 heteroatoms. The van der Waals surface area contributed by atoms with Gasteiger partial charge >= 0.3 is 0 Å². The van der Waals surface area contributed by atoms with Crippen LogP contribution in [0.2, 0.25) is 0 Å². The maximum atomic E-state index is 13.3. The summed E-state index contributed by atoms with van der Waals surface area (Å²) in [4.78, 5) is 21.2. The Morgan fingerprint density at radius 3 is 2.45 bits per heavy atom. The topological polar surface area (TPSA) is 60.0 Å². The van der Waals surface area contributed by atoms with Gasteiger partial charge in [0.15, 0.2) is 5.96 Å². The first-order valence-electron chi connectivity index (χ1n) is 10.5. The number of hydrogen-bond acceptors (Lipinski definition) is 3. The van der Waals surface area contributed by atoms with Gasteiger partial charge in [-0.25, -0.2) is 9.38 Å². The van der Waals surface area contributed by atoms with Crippen molar-refractivity contribution in [1.29, 1.82) is 0 Å². The molecule has 2 N–H and O–H groups in total. The molecule has 168 valence electrons. The predicted molar refractivity (Wildman–Crippen MR) is 135 cm³/mol. The van der Waals surface area contributed by atoms with Gasteiger partial charge < -0.3 is 20.4 Å². The van der Waals surface area contributed by atoms with Crippen LogP contribution in [0.5, 0.6) is 0 Å². The summed E-state index contributed by atoms with van der Waals surface area (Å²) in [6.45, 7) is 6.46. The number of rotatable bonds is 7. The summed E-state index contributed by atoms with van der Waals surface area (Å²) in [6.07, 6.45) is 0.678. The third kappa shape index (κ3) is 8.01. The van der Waals surface area contributed by atoms with E-state index in [9.17, 15) is 9.18 Å². The standard InChI is InChI=1S/C23H30FN5O.HI/c1-2-25-23(26-12-11-19-7-6-8-20(24)17-19)27-18-22(30)29-15-13-28(14-16-29)21-9-4-3-5-10-21;/h3-10,17H,2,11-16,18H2,1H3,(H2,25,26,27);1H. The Balaban J connectivity index is 0.00000341. The Labute approximate surface area is 200 Å². The minimum absolute atomic E-state index is 0. The number of amides is 1. The van der Waals surface area contributed by atoms with E-state index < -0.39 is 0 Å². The predicted octanol–water partition coefficient (Wildman–Crippen LogP) is 2.89. The molecule has 1 aliphatic rings. The molecule has 0 aliphatic carbocycles. The zero-order valence-corrected chi connectivity index (χ0v) is 20.2. The van der Waals surface area contributed by atoms with E-state index in [0.717, 1.165) is 18.7 Å². The Hall–Kier alpha value is -2.36. The number of nitrogens with one attached hydrogen (secondary N) is 2. The zero-order valence-electron chi connectivity index (χ0n) is 17.9. The van der Waals surface area contributed by atoms with Gasteiger partial charge in [0.25, 0.3) is 0 Å². The fraction of sp³-hybridized carbons (Fsp3) is 0.391. The molecule has 0 saturated carbocycles. The molecule has 0 spiro atoms. The molecule has 0 aromatic heterocycles. The van der Waals surface area contributed by atoms with Crippen LogP contribution in [-0.4, -0.2) is 62.6 Å². The molecular formula is C23H31FIN5O. The maximum Gasteiger partial charge on any atom is 0.244 e. The van der Waals surface area contributed by atoms with Crippen LogP contribution in [0.3, 0.4) is 0 Å². The molecular weight excluding hydrogens is 508 g/mol. The van der Waals surface area contributed by atoms with Crippen molar-refractivity contribution in [3.63, 3.8) is 0 Å². The van der Waals surface area contributed by atoms with Crippen molar-refractivity contribution in [1.82, 2.24) is 15.5 Å². The second kappa shape index (κ2) is 13.1. The smallest absolute Gasteiger partial charge is 0.244 e. The normalized spacial score (nSPS) is 14.1. The molecule has 0 atom stereocenters. The highest BCUT2D eigenvalue weighted by Gasteiger charge is 2.20. The molecule has 0 unspecified atom stereocenters. The third-order valence-corrected chi connectivity index (χ3v) is 5.07. The fourth-order valence-corrected chi connectivity index (χ4v) is 3.46. The molecule has 1 amide bonds. The van der Waals surface area contributed by atoms with E-state index in [1.807, 2.05) is 36.1 Å². The fourth-order valence-electron chi connectivity index (χ4n) is 3.46. The number of piperazine rings is 1. The average Bonchev–Trinajstić information content (AvgIpc) is 2.78. The molecule has 1 aliphatic heterocycles. The van der Waals surface area contributed by atoms with Gasteiger partial charge in [0.05, 0.1) is 0 Å². The van der Waals surface area contributed by atoms with Crippen molar-refractivity contribution in [2.45, 2.75) is 13.3 Å². The third-order valence-electron chi connectivity index (χ3n) is 5.07. The van der Waals surface area contributed by atoms with Crippen LogP contribution >= 0.6 is 24.0 Å². The molecule has 2 aromatic carbocycles. The van der Waals surface area contributed by atoms with Gasteiger partial charge in [-0.3, -0.25) is 4.79 Å². The van der Waals surface area contributed by atoms with E-state index in [2.05, 4.69) is 32.7 Å². The van der Waals surface area contributed by atoms with E-state index in [0.29, 0.717) is 38.6 Å². The SMILES string of the molecule is CCNC(=NCC(=O)N1CCN(c2ccccc2)CC1)NCCc1cccc(F)c1.I. The maximum absolute atomic E-state index is 13.3. The number of benzene rings is 2. The van der Waals surface area contributed by atoms with Crippen molar-refractivity contribution in [2.24, 2.45) is 4.99 Å². The molecule has 0 radical (unpaired) electrons. The Bertz CT molecular complexity index is 841. The van der Waals surface area contributed by atoms with Crippen LogP contribution in [0.15, 0.2) is 59.6 Å². The monoisotopic (exact) mass is 539 g/mol. The highest BCUT2D eigenvalue weighted by atomic mass is 127. The lowest BCUT2D eigenvalue weighted by molar-refractivity contribution is -0.129. The van der Waals surface area contributed by atoms with Gasteiger partial charge in [-0.2, -0.15) is 0 Å². The second-order valence-corrected chi connectivity index (χ2v) is 7.21. The van der Waals surface area contributed by atoms with Gasteiger partial charge in [-0.15, -0.1) is 24.0 Å². The molecule has 6 nitrogen and oxygen atoms in total. The number of guanidine groups is 1. The van der Waals surface area contributed by atoms with Crippen molar-refractivity contribution in [3.05, 3.63) is 66.0 Å². The largest absolute Gasteiger partial charge is 0.368 e. The number of carbonyl (C=O) groups is 1. The van der Waals surface area contributed by atoms with E-state index >= 15 is 0 Å². The summed E-state index contributed by atoms with van der Waals surface area (Å²) in [6, 6.07) is 16.8. The van der Waals surface area contributed by atoms with Crippen LogP contribution < -0.4 is 15.5 Å². The van der Waals surface area contributed by atoms with E-state index in [4.69, 9.17) is 0 Å². The number of nitrogens with zero attached hydrogens (tertiary/aromatic N) is 3. The molecule has 1 fully saturated rings. The Morgan fingerprint density at radius 1 is 1.03 bits per heavy atom. The molecule has 3 rings (SSSR count). The van der Waals surface area contributed by atoms with Gasteiger partial charge in [-0.1, -0.05) is 30.3 Å². The van der Waals surface area contributed by atoms with Crippen molar-refractivity contribution < 1.29 is 9.18 Å². The summed E-state index contributed by atoms with van der Waals surface area (Å²) in [5.74, 6) is 0.404. The highest BCUT2D eigenvalue weighted by Crippen LogP contribution is 2.15. The lowest BCUT2D eigenvalue weighted by Crippen LogP contribution is -2.49. The van der Waals surface area contributed by atoms with Crippen LogP contribution in [0.25, 0.3) is 0 Å². The first kappa shape index (κ1) is 24.9. The van der Waals surface area contributed by atoms with Gasteiger partial charge in [0.1, 0.15) is 12.4 Å². The van der Waals surface area contributed by atoms with Crippen LogP contribution in [-0.2, 0) is 11.2 Å². The van der Waals surface area contributed by atoms with E-state index in [-0.39, 0.29) is 42.2 Å². The van der Waals surface area contributed by atoms with Crippen molar-refractivity contribution in [3.8, 4) is 0 Å². The highest BCUT2D eigenvalue weighted by molar-refractivity contribution is 14.0. The molecule has 0 bridgehead atoms. The van der Waals surface area contributed by atoms with Gasteiger partial charge in [0, 0.05) is 45.0 Å². The Morgan fingerprint density at radius 2 is 1.77 bits per heavy atom. The summed E-state index contributed by atoms with van der Waals surface area (Å²) < 4.78 is 13.3. The lowest BCUT2D eigenvalue weighted by atomic mass is 10.1. The summed E-state index contributed by atoms with van der Waals surface area (Å²) in [5, 5.41) is 6.37. The quantitative estimate of drug-likeness (QED) is 0.323. The summed E-state index contributed by atoms with van der Waals surface area (Å²) in [7, 11) is 0. The van der Waals surface area contributed by atoms with E-state index in [1.165, 1.54) is 17.8 Å². The van der Waals surface area contributed by atoms with Crippen LogP contribution in [0.4, 0.5) is 10.1 Å². The molecule has 31 heavy (non-hydrogen) atoms. The first-order chi connectivity index (χ1) is 14.7. The zero-order chi connectivity index (χ0) is 21.2.